The third kappa shape index (κ3) is 4.03. The van der Waals surface area contributed by atoms with Crippen LogP contribution in [-0.4, -0.2) is 22.6 Å². The summed E-state index contributed by atoms with van der Waals surface area (Å²) in [6.07, 6.45) is 2.74. The van der Waals surface area contributed by atoms with Crippen molar-refractivity contribution < 1.29 is 5.21 Å². The van der Waals surface area contributed by atoms with Crippen LogP contribution in [-0.2, 0) is 0 Å². The molecular weight excluding hydrogens is 284 g/mol. The average molecular weight is 304 g/mol. The Morgan fingerprint density at radius 3 is 2.76 bits per heavy atom. The van der Waals surface area contributed by atoms with Gasteiger partial charge in [0.05, 0.1) is 12.0 Å². The second-order valence-corrected chi connectivity index (χ2v) is 5.65. The lowest BCUT2D eigenvalue weighted by atomic mass is 9.97. The normalized spacial score (nSPS) is 14.8. The number of benzene rings is 1. The summed E-state index contributed by atoms with van der Waals surface area (Å²) in [7, 11) is 0. The lowest BCUT2D eigenvalue weighted by Crippen LogP contribution is -2.33. The Morgan fingerprint density at radius 2 is 2.19 bits per heavy atom. The van der Waals surface area contributed by atoms with Crippen LogP contribution in [0.25, 0.3) is 0 Å². The summed E-state index contributed by atoms with van der Waals surface area (Å²) in [4.78, 5) is 4.35. The molecule has 0 aliphatic heterocycles. The van der Waals surface area contributed by atoms with Gasteiger partial charge in [-0.3, -0.25) is 0 Å². The van der Waals surface area contributed by atoms with Gasteiger partial charge in [-0.25, -0.2) is 4.98 Å². The smallest absolute Gasteiger partial charge is 0.147 e. The molecule has 2 rings (SSSR count). The summed E-state index contributed by atoms with van der Waals surface area (Å²) >= 11 is 1.63. The zero-order chi connectivity index (χ0) is 15.1. The molecule has 0 radical (unpaired) electrons. The number of rotatable bonds is 7. The number of hydrogen-bond donors (Lipinski definition) is 3. The summed E-state index contributed by atoms with van der Waals surface area (Å²) in [6, 6.07) is 9.99. The molecule has 1 aromatic heterocycles. The van der Waals surface area contributed by atoms with Gasteiger partial charge >= 0.3 is 0 Å². The lowest BCUT2D eigenvalue weighted by molar-refractivity contribution is 0.315. The summed E-state index contributed by atoms with van der Waals surface area (Å²) in [5.41, 5.74) is 6.87. The minimum Gasteiger partial charge on any atom is -0.409 e. The Kier molecular flexibility index (Phi) is 5.71. The summed E-state index contributed by atoms with van der Waals surface area (Å²) < 4.78 is 0. The molecule has 0 spiro atoms. The number of nitrogens with one attached hydrogen (secondary N) is 1. The Morgan fingerprint density at radius 1 is 1.43 bits per heavy atom. The number of amidine groups is 1. The van der Waals surface area contributed by atoms with Gasteiger partial charge in [-0.15, -0.1) is 11.3 Å². The number of oxime groups is 1. The van der Waals surface area contributed by atoms with Gasteiger partial charge in [0.1, 0.15) is 10.8 Å². The van der Waals surface area contributed by atoms with Crippen LogP contribution in [0.2, 0.25) is 0 Å². The van der Waals surface area contributed by atoms with Crippen molar-refractivity contribution in [2.45, 2.75) is 25.3 Å². The van der Waals surface area contributed by atoms with E-state index in [1.807, 2.05) is 41.9 Å². The van der Waals surface area contributed by atoms with E-state index in [9.17, 15) is 0 Å². The highest BCUT2D eigenvalue weighted by atomic mass is 32.1. The molecule has 2 atom stereocenters. The van der Waals surface area contributed by atoms with Gasteiger partial charge in [-0.05, 0) is 12.0 Å². The summed E-state index contributed by atoms with van der Waals surface area (Å²) in [6.45, 7) is 2.71. The molecule has 6 heteroatoms. The molecule has 0 fully saturated rings. The van der Waals surface area contributed by atoms with Gasteiger partial charge in [0.2, 0.25) is 0 Å². The molecule has 0 amide bonds. The maximum absolute atomic E-state index is 9.00. The van der Waals surface area contributed by atoms with Crippen molar-refractivity contribution in [3.05, 3.63) is 52.5 Å². The van der Waals surface area contributed by atoms with Crippen LogP contribution >= 0.6 is 11.3 Å². The Bertz CT molecular complexity index is 556. The molecule has 112 valence electrons. The second-order valence-electron chi connectivity index (χ2n) is 4.73. The zero-order valence-corrected chi connectivity index (χ0v) is 12.8. The quantitative estimate of drug-likeness (QED) is 0.318. The van der Waals surface area contributed by atoms with Crippen LogP contribution in [0.1, 0.15) is 35.9 Å². The number of aromatic nitrogens is 1. The molecule has 21 heavy (non-hydrogen) atoms. The molecule has 1 aromatic carbocycles. The van der Waals surface area contributed by atoms with Crippen molar-refractivity contribution in [3.63, 3.8) is 0 Å². The number of nitrogens with zero attached hydrogens (tertiary/aromatic N) is 2. The Labute approximate surface area is 128 Å². The first-order valence-corrected chi connectivity index (χ1v) is 7.79. The van der Waals surface area contributed by atoms with Crippen LogP contribution < -0.4 is 11.1 Å². The fourth-order valence-corrected chi connectivity index (χ4v) is 3.02. The predicted molar refractivity (Wildman–Crippen MR) is 85.7 cm³/mol. The molecule has 1 heterocycles. The third-order valence-corrected chi connectivity index (χ3v) is 4.29. The Hall–Kier alpha value is -1.92. The molecular formula is C15H20N4OS. The molecule has 0 aliphatic rings. The first kappa shape index (κ1) is 15.5. The average Bonchev–Trinajstić information content (AvgIpc) is 3.06. The maximum Gasteiger partial charge on any atom is 0.147 e. The van der Waals surface area contributed by atoms with Crippen LogP contribution in [0.15, 0.2) is 47.1 Å². The minimum atomic E-state index is -0.162. The van der Waals surface area contributed by atoms with Gasteiger partial charge in [0, 0.05) is 18.1 Å². The van der Waals surface area contributed by atoms with Gasteiger partial charge < -0.3 is 16.3 Å². The standard InChI is InChI=1S/C15H20N4OS/c1-2-13(15-17-8-9-21-15)18-10-12(14(16)19-20)11-6-4-3-5-7-11/h3-9,12-13,18,20H,2,10H2,1H3,(H2,16,19). The topological polar surface area (TPSA) is 83.5 Å². The van der Waals surface area contributed by atoms with Crippen molar-refractivity contribution in [3.8, 4) is 0 Å². The van der Waals surface area contributed by atoms with Crippen molar-refractivity contribution in [1.29, 1.82) is 0 Å². The van der Waals surface area contributed by atoms with E-state index in [4.69, 9.17) is 10.9 Å². The molecule has 2 aromatic rings. The lowest BCUT2D eigenvalue weighted by Gasteiger charge is -2.20. The maximum atomic E-state index is 9.00. The molecule has 0 bridgehead atoms. The first-order chi connectivity index (χ1) is 10.3. The highest BCUT2D eigenvalue weighted by molar-refractivity contribution is 7.09. The number of thiazole rings is 1. The zero-order valence-electron chi connectivity index (χ0n) is 11.9. The fraction of sp³-hybridized carbons (Fsp3) is 0.333. The van der Waals surface area contributed by atoms with Gasteiger partial charge in [0.15, 0.2) is 0 Å². The van der Waals surface area contributed by atoms with E-state index in [0.29, 0.717) is 6.54 Å². The van der Waals surface area contributed by atoms with E-state index in [-0.39, 0.29) is 17.8 Å². The molecule has 0 saturated carbocycles. The van der Waals surface area contributed by atoms with Crippen molar-refractivity contribution in [2.75, 3.05) is 6.54 Å². The van der Waals surface area contributed by atoms with E-state index in [2.05, 4.69) is 22.4 Å². The SMILES string of the molecule is CCC(NCC(C(N)=NO)c1ccccc1)c1nccs1. The van der Waals surface area contributed by atoms with Gasteiger partial charge in [-0.2, -0.15) is 0 Å². The monoisotopic (exact) mass is 304 g/mol. The van der Waals surface area contributed by atoms with Crippen LogP contribution in [0.3, 0.4) is 0 Å². The van der Waals surface area contributed by atoms with E-state index >= 15 is 0 Å². The van der Waals surface area contributed by atoms with Crippen LogP contribution in [0.5, 0.6) is 0 Å². The highest BCUT2D eigenvalue weighted by Crippen LogP contribution is 2.21. The highest BCUT2D eigenvalue weighted by Gasteiger charge is 2.19. The summed E-state index contributed by atoms with van der Waals surface area (Å²) in [5, 5.41) is 18.7. The van der Waals surface area contributed by atoms with E-state index in [0.717, 1.165) is 17.0 Å². The molecule has 2 unspecified atom stereocenters. The second kappa shape index (κ2) is 7.75. The van der Waals surface area contributed by atoms with Crippen LogP contribution in [0, 0.1) is 0 Å². The summed E-state index contributed by atoms with van der Waals surface area (Å²) in [5.74, 6) is 0.0490. The molecule has 0 saturated heterocycles. The van der Waals surface area contributed by atoms with Crippen molar-refractivity contribution in [2.24, 2.45) is 10.9 Å². The minimum absolute atomic E-state index is 0.162. The Balaban J connectivity index is 2.09. The van der Waals surface area contributed by atoms with Crippen molar-refractivity contribution >= 4 is 17.2 Å². The van der Waals surface area contributed by atoms with Gasteiger partial charge in [-0.1, -0.05) is 42.4 Å². The van der Waals surface area contributed by atoms with Crippen LogP contribution in [0.4, 0.5) is 0 Å². The molecule has 4 N–H and O–H groups in total. The molecule has 5 nitrogen and oxygen atoms in total. The predicted octanol–water partition coefficient (Wildman–Crippen LogP) is 2.71. The van der Waals surface area contributed by atoms with E-state index < -0.39 is 0 Å². The first-order valence-electron chi connectivity index (χ1n) is 6.91. The van der Waals surface area contributed by atoms with Crippen molar-refractivity contribution in [1.82, 2.24) is 10.3 Å². The fourth-order valence-electron chi connectivity index (χ4n) is 2.22. The third-order valence-electron chi connectivity index (χ3n) is 3.40. The van der Waals surface area contributed by atoms with Gasteiger partial charge in [0.25, 0.3) is 0 Å². The molecule has 0 aliphatic carbocycles. The van der Waals surface area contributed by atoms with E-state index in [1.54, 1.807) is 11.3 Å². The number of hydrogen-bond acceptors (Lipinski definition) is 5. The van der Waals surface area contributed by atoms with E-state index in [1.165, 1.54) is 0 Å². The largest absolute Gasteiger partial charge is 0.409 e. The number of nitrogens with two attached hydrogens (primary N) is 1.